The van der Waals surface area contributed by atoms with Gasteiger partial charge < -0.3 is 0 Å². The maximum absolute atomic E-state index is 13.1. The molecule has 8 heteroatoms. The third kappa shape index (κ3) is 2.27. The topological polar surface area (TPSA) is 74.0 Å². The summed E-state index contributed by atoms with van der Waals surface area (Å²) in [5, 5.41) is 3.37. The number of benzene rings is 1. The van der Waals surface area contributed by atoms with Crippen molar-refractivity contribution < 1.29 is 9.18 Å². The standard InChI is InChI=1S/C12H9ClFN3O3/c1-6(18)10-11(19)17(12(20)16(2)15-10)7-3-4-9(14)8(13)5-7/h3-5H,1-2H3. The highest BCUT2D eigenvalue weighted by molar-refractivity contribution is 6.30. The fraction of sp³-hybridized carbons (Fsp3) is 0.167. The smallest absolute Gasteiger partial charge is 0.292 e. The Kier molecular flexibility index (Phi) is 3.54. The van der Waals surface area contributed by atoms with Crippen LogP contribution in [0, 0.1) is 5.82 Å². The van der Waals surface area contributed by atoms with Crippen molar-refractivity contribution in [2.45, 2.75) is 6.92 Å². The Morgan fingerprint density at radius 3 is 2.55 bits per heavy atom. The van der Waals surface area contributed by atoms with E-state index in [2.05, 4.69) is 5.10 Å². The van der Waals surface area contributed by atoms with Crippen molar-refractivity contribution in [1.82, 2.24) is 14.3 Å². The number of Topliss-reactive ketones (excluding diaryl/α,β-unsaturated/α-hetero) is 1. The zero-order chi connectivity index (χ0) is 15.0. The summed E-state index contributed by atoms with van der Waals surface area (Å²) in [6.45, 7) is 1.16. The van der Waals surface area contributed by atoms with Crippen LogP contribution in [-0.4, -0.2) is 20.1 Å². The maximum Gasteiger partial charge on any atom is 0.351 e. The first-order valence-electron chi connectivity index (χ1n) is 5.49. The van der Waals surface area contributed by atoms with E-state index >= 15 is 0 Å². The number of ketones is 1. The zero-order valence-electron chi connectivity index (χ0n) is 10.6. The SMILES string of the molecule is CC(=O)c1nn(C)c(=O)n(-c2ccc(F)c(Cl)c2)c1=O. The van der Waals surface area contributed by atoms with Gasteiger partial charge in [0, 0.05) is 14.0 Å². The second-order valence-corrected chi connectivity index (χ2v) is 4.46. The van der Waals surface area contributed by atoms with Gasteiger partial charge in [-0.2, -0.15) is 5.10 Å². The van der Waals surface area contributed by atoms with E-state index in [0.717, 1.165) is 28.3 Å². The molecule has 1 aromatic carbocycles. The molecule has 0 atom stereocenters. The van der Waals surface area contributed by atoms with Gasteiger partial charge in [-0.25, -0.2) is 18.4 Å². The van der Waals surface area contributed by atoms with Crippen molar-refractivity contribution in [3.8, 4) is 5.69 Å². The van der Waals surface area contributed by atoms with Crippen LogP contribution in [0.5, 0.6) is 0 Å². The minimum Gasteiger partial charge on any atom is -0.292 e. The first kappa shape index (κ1) is 14.1. The quantitative estimate of drug-likeness (QED) is 0.773. The molecule has 0 bridgehead atoms. The van der Waals surface area contributed by atoms with Crippen molar-refractivity contribution in [2.24, 2.45) is 7.05 Å². The van der Waals surface area contributed by atoms with Gasteiger partial charge in [-0.3, -0.25) is 9.59 Å². The molecule has 20 heavy (non-hydrogen) atoms. The van der Waals surface area contributed by atoms with Crippen LogP contribution in [0.25, 0.3) is 5.69 Å². The lowest BCUT2D eigenvalue weighted by molar-refractivity contribution is 0.100. The number of rotatable bonds is 2. The second kappa shape index (κ2) is 5.01. The first-order valence-corrected chi connectivity index (χ1v) is 5.87. The Balaban J connectivity index is 2.86. The molecule has 104 valence electrons. The lowest BCUT2D eigenvalue weighted by atomic mass is 10.3. The Bertz CT molecular complexity index is 826. The van der Waals surface area contributed by atoms with E-state index in [4.69, 9.17) is 11.6 Å². The summed E-state index contributed by atoms with van der Waals surface area (Å²) >= 11 is 5.63. The fourth-order valence-electron chi connectivity index (χ4n) is 1.65. The normalized spacial score (nSPS) is 10.6. The second-order valence-electron chi connectivity index (χ2n) is 4.05. The van der Waals surface area contributed by atoms with Gasteiger partial charge in [-0.15, -0.1) is 0 Å². The molecule has 0 spiro atoms. The van der Waals surface area contributed by atoms with E-state index < -0.39 is 22.8 Å². The number of halogens is 2. The van der Waals surface area contributed by atoms with E-state index in [0.29, 0.717) is 0 Å². The zero-order valence-corrected chi connectivity index (χ0v) is 11.3. The van der Waals surface area contributed by atoms with Crippen molar-refractivity contribution in [1.29, 1.82) is 0 Å². The molecule has 0 saturated carbocycles. The predicted molar refractivity (Wildman–Crippen MR) is 70.0 cm³/mol. The molecule has 1 heterocycles. The summed E-state index contributed by atoms with van der Waals surface area (Å²) in [5.41, 5.74) is -1.95. The molecular weight excluding hydrogens is 289 g/mol. The van der Waals surface area contributed by atoms with Crippen LogP contribution < -0.4 is 11.2 Å². The lowest BCUT2D eigenvalue weighted by Crippen LogP contribution is -2.42. The molecular formula is C12H9ClFN3O3. The molecule has 0 amide bonds. The van der Waals surface area contributed by atoms with E-state index in [9.17, 15) is 18.8 Å². The molecule has 2 aromatic rings. The van der Waals surface area contributed by atoms with Gasteiger partial charge >= 0.3 is 5.69 Å². The van der Waals surface area contributed by atoms with Crippen LogP contribution in [0.15, 0.2) is 27.8 Å². The molecule has 0 N–H and O–H groups in total. The van der Waals surface area contributed by atoms with Crippen LogP contribution >= 0.6 is 11.6 Å². The molecule has 0 fully saturated rings. The highest BCUT2D eigenvalue weighted by Gasteiger charge is 2.16. The average Bonchev–Trinajstić information content (AvgIpc) is 2.38. The van der Waals surface area contributed by atoms with Crippen molar-refractivity contribution >= 4 is 17.4 Å². The summed E-state index contributed by atoms with van der Waals surface area (Å²) in [7, 11) is 1.30. The average molecular weight is 298 g/mol. The largest absolute Gasteiger partial charge is 0.351 e. The highest BCUT2D eigenvalue weighted by atomic mass is 35.5. The van der Waals surface area contributed by atoms with Crippen LogP contribution in [0.3, 0.4) is 0 Å². The molecule has 0 aliphatic carbocycles. The molecule has 0 radical (unpaired) electrons. The van der Waals surface area contributed by atoms with E-state index in [-0.39, 0.29) is 16.4 Å². The summed E-state index contributed by atoms with van der Waals surface area (Å²) < 4.78 is 14.7. The number of hydrogen-bond donors (Lipinski definition) is 0. The Labute approximate surface area is 117 Å². The third-order valence-electron chi connectivity index (χ3n) is 2.62. The van der Waals surface area contributed by atoms with Crippen LogP contribution in [0.2, 0.25) is 5.02 Å². The number of hydrogen-bond acceptors (Lipinski definition) is 4. The number of nitrogens with zero attached hydrogens (tertiary/aromatic N) is 3. The van der Waals surface area contributed by atoms with Crippen LogP contribution in [-0.2, 0) is 7.05 Å². The maximum atomic E-state index is 13.1. The summed E-state index contributed by atoms with van der Waals surface area (Å²) in [4.78, 5) is 35.4. The minimum absolute atomic E-state index is 0.0619. The number of carbonyl (C=O) groups is 1. The number of carbonyl (C=O) groups excluding carboxylic acids is 1. The first-order chi connectivity index (χ1) is 9.32. The van der Waals surface area contributed by atoms with Crippen LogP contribution in [0.4, 0.5) is 4.39 Å². The highest BCUT2D eigenvalue weighted by Crippen LogP contribution is 2.17. The van der Waals surface area contributed by atoms with Gasteiger partial charge in [0.25, 0.3) is 5.56 Å². The van der Waals surface area contributed by atoms with E-state index in [1.165, 1.54) is 13.1 Å². The van der Waals surface area contributed by atoms with E-state index in [1.54, 1.807) is 0 Å². The molecule has 0 unspecified atom stereocenters. The van der Waals surface area contributed by atoms with Crippen molar-refractivity contribution in [3.05, 3.63) is 55.6 Å². The van der Waals surface area contributed by atoms with E-state index in [1.807, 2.05) is 0 Å². The predicted octanol–water partition coefficient (Wildman–Crippen LogP) is 0.926. The molecule has 6 nitrogen and oxygen atoms in total. The third-order valence-corrected chi connectivity index (χ3v) is 2.91. The van der Waals surface area contributed by atoms with Gasteiger partial charge in [0.05, 0.1) is 10.7 Å². The monoisotopic (exact) mass is 297 g/mol. The van der Waals surface area contributed by atoms with Gasteiger partial charge in [-0.05, 0) is 18.2 Å². The lowest BCUT2D eigenvalue weighted by Gasteiger charge is -2.08. The molecule has 1 aromatic heterocycles. The fourth-order valence-corrected chi connectivity index (χ4v) is 1.82. The number of aryl methyl sites for hydroxylation is 1. The van der Waals surface area contributed by atoms with Gasteiger partial charge in [0.15, 0.2) is 11.5 Å². The van der Waals surface area contributed by atoms with Gasteiger partial charge in [0.2, 0.25) is 0 Å². The van der Waals surface area contributed by atoms with Gasteiger partial charge in [-0.1, -0.05) is 11.6 Å². The molecule has 2 rings (SSSR count). The molecule has 0 saturated heterocycles. The van der Waals surface area contributed by atoms with Crippen molar-refractivity contribution in [3.63, 3.8) is 0 Å². The van der Waals surface area contributed by atoms with Gasteiger partial charge in [0.1, 0.15) is 5.82 Å². The summed E-state index contributed by atoms with van der Waals surface area (Å²) in [5.74, 6) is -1.26. The minimum atomic E-state index is -0.872. The molecule has 0 aliphatic rings. The van der Waals surface area contributed by atoms with Crippen LogP contribution in [0.1, 0.15) is 17.4 Å². The Morgan fingerprint density at radius 2 is 2.00 bits per heavy atom. The number of aromatic nitrogens is 3. The Hall–Kier alpha value is -2.28. The summed E-state index contributed by atoms with van der Waals surface area (Å²) in [6, 6.07) is 3.37. The Morgan fingerprint density at radius 1 is 1.35 bits per heavy atom. The summed E-state index contributed by atoms with van der Waals surface area (Å²) in [6.07, 6.45) is 0. The molecule has 0 aliphatic heterocycles. The van der Waals surface area contributed by atoms with Crippen molar-refractivity contribution in [2.75, 3.05) is 0 Å².